The summed E-state index contributed by atoms with van der Waals surface area (Å²) >= 11 is 0. The minimum atomic E-state index is -1.19. The van der Waals surface area contributed by atoms with Crippen molar-refractivity contribution >= 4 is 29.6 Å². The van der Waals surface area contributed by atoms with E-state index < -0.39 is 59.9 Å². The fourth-order valence-corrected chi connectivity index (χ4v) is 5.62. The molecule has 50 heavy (non-hydrogen) atoms. The van der Waals surface area contributed by atoms with Gasteiger partial charge in [0.05, 0.1) is 12.1 Å². The molecule has 15 nitrogen and oxygen atoms in total. The third-order valence-corrected chi connectivity index (χ3v) is 8.43. The third-order valence-electron chi connectivity index (χ3n) is 8.43. The highest BCUT2D eigenvalue weighted by Gasteiger charge is 2.31. The van der Waals surface area contributed by atoms with Crippen LogP contribution in [0.4, 0.5) is 0 Å². The number of phenolic OH excluding ortho intramolecular Hbond substituents is 1. The Bertz CT molecular complexity index is 1280. The quantitative estimate of drug-likeness (QED) is 0.0757. The zero-order valence-corrected chi connectivity index (χ0v) is 29.4. The van der Waals surface area contributed by atoms with Gasteiger partial charge in [0.1, 0.15) is 23.9 Å². The van der Waals surface area contributed by atoms with E-state index in [0.717, 1.165) is 6.42 Å². The van der Waals surface area contributed by atoms with Gasteiger partial charge in [0, 0.05) is 19.0 Å². The Balaban J connectivity index is 2.37. The monoisotopic (exact) mass is 702 g/mol. The maximum absolute atomic E-state index is 13.9. The average molecular weight is 703 g/mol. The van der Waals surface area contributed by atoms with Crippen molar-refractivity contribution in [3.05, 3.63) is 42.0 Å². The van der Waals surface area contributed by atoms with E-state index in [1.165, 1.54) is 12.1 Å². The van der Waals surface area contributed by atoms with Crippen molar-refractivity contribution in [2.45, 2.75) is 114 Å². The van der Waals surface area contributed by atoms with Crippen molar-refractivity contribution in [2.75, 3.05) is 19.6 Å². The summed E-state index contributed by atoms with van der Waals surface area (Å²) in [6.07, 6.45) is 7.61. The Hall–Kier alpha value is -4.05. The van der Waals surface area contributed by atoms with E-state index in [-0.39, 0.29) is 49.8 Å². The number of hydrogen-bond donors (Lipinski definition) is 10. The number of aromatic hydroxyl groups is 1. The van der Waals surface area contributed by atoms with E-state index >= 15 is 0 Å². The second-order valence-corrected chi connectivity index (χ2v) is 13.3. The van der Waals surface area contributed by atoms with Crippen LogP contribution < -0.4 is 43.8 Å². The van der Waals surface area contributed by atoms with E-state index in [0.29, 0.717) is 50.8 Å². The van der Waals surface area contributed by atoms with Crippen LogP contribution in [0.25, 0.3) is 0 Å². The van der Waals surface area contributed by atoms with E-state index in [4.69, 9.17) is 17.2 Å². The normalized spacial score (nSPS) is 22.4. The highest BCUT2D eigenvalue weighted by atomic mass is 16.4. The molecule has 0 saturated carbocycles. The van der Waals surface area contributed by atoms with Gasteiger partial charge in [-0.3, -0.25) is 19.2 Å². The molecule has 15 heteroatoms. The molecule has 0 aliphatic carbocycles. The van der Waals surface area contributed by atoms with E-state index in [1.54, 1.807) is 24.3 Å². The van der Waals surface area contributed by atoms with Crippen molar-refractivity contribution in [1.82, 2.24) is 26.6 Å². The number of rotatable bonds is 17. The van der Waals surface area contributed by atoms with Crippen molar-refractivity contribution in [2.24, 2.45) is 23.1 Å². The first kappa shape index (κ1) is 42.1. The van der Waals surface area contributed by atoms with Crippen molar-refractivity contribution in [1.29, 1.82) is 0 Å². The molecule has 0 aromatic heterocycles. The summed E-state index contributed by atoms with van der Waals surface area (Å²) in [6.45, 7) is 4.81. The molecule has 1 heterocycles. The molecule has 0 spiro atoms. The number of carbonyl (C=O) groups excluding carboxylic acids is 4. The largest absolute Gasteiger partial charge is 0.508 e. The molecule has 1 aliphatic heterocycles. The summed E-state index contributed by atoms with van der Waals surface area (Å²) in [5.41, 5.74) is 18.1. The minimum Gasteiger partial charge on any atom is -0.508 e. The first-order chi connectivity index (χ1) is 23.8. The van der Waals surface area contributed by atoms with Crippen LogP contribution in [0.15, 0.2) is 36.4 Å². The maximum Gasteiger partial charge on any atom is 0.326 e. The Morgan fingerprint density at radius 3 is 2.24 bits per heavy atom. The van der Waals surface area contributed by atoms with Crippen LogP contribution in [0, 0.1) is 5.92 Å². The van der Waals surface area contributed by atoms with Crippen LogP contribution >= 0.6 is 0 Å². The number of phenols is 1. The van der Waals surface area contributed by atoms with Crippen LogP contribution in [-0.2, 0) is 30.4 Å². The Kier molecular flexibility index (Phi) is 19.1. The summed E-state index contributed by atoms with van der Waals surface area (Å²) in [5.74, 6) is -3.29. The number of carboxylic acids is 1. The molecule has 4 amide bonds. The molecule has 1 aromatic rings. The number of nitrogens with two attached hydrogens (primary N) is 3. The van der Waals surface area contributed by atoms with Crippen molar-refractivity contribution in [3.8, 4) is 5.75 Å². The van der Waals surface area contributed by atoms with Gasteiger partial charge in [0.15, 0.2) is 0 Å². The van der Waals surface area contributed by atoms with Crippen molar-refractivity contribution in [3.63, 3.8) is 0 Å². The topological polar surface area (TPSA) is 264 Å². The predicted molar refractivity (Wildman–Crippen MR) is 191 cm³/mol. The van der Waals surface area contributed by atoms with Crippen LogP contribution in [0.2, 0.25) is 0 Å². The van der Waals surface area contributed by atoms with E-state index in [1.807, 2.05) is 13.8 Å². The molecule has 0 radical (unpaired) electrons. The second kappa shape index (κ2) is 22.6. The number of nitrogens with one attached hydrogen (secondary N) is 5. The van der Waals surface area contributed by atoms with Gasteiger partial charge < -0.3 is 54.0 Å². The summed E-state index contributed by atoms with van der Waals surface area (Å²) in [5, 5.41) is 34.2. The van der Waals surface area contributed by atoms with Crippen LogP contribution in [0.1, 0.15) is 77.2 Å². The van der Waals surface area contributed by atoms with Crippen LogP contribution in [0.3, 0.4) is 0 Å². The van der Waals surface area contributed by atoms with Gasteiger partial charge in [0.25, 0.3) is 0 Å². The smallest absolute Gasteiger partial charge is 0.326 e. The standard InChI is InChI=1S/C35H58N8O7/c1-22(2)18-30(35(49)50)43-34(48)29(20-23-10-9-12-25(44)19-23)42-32(46)27-14-4-3-13-26(38)31(45)41-28(15-6-8-17-37)33(47)40-24(21-39-27)11-5-7-16-36/h3-4,9-10,12,19,22,24,26-30,39,44H,5-8,11,13-18,20-21,36-38H2,1-2H3,(H,40,47)(H,41,45)(H,42,46)(H,43,48)(H,49,50)/b4-3+/t24-,26-,27-,28-,29-,30-/m0/s1. The van der Waals surface area contributed by atoms with Gasteiger partial charge in [-0.2, -0.15) is 0 Å². The van der Waals surface area contributed by atoms with E-state index in [2.05, 4.69) is 26.6 Å². The van der Waals surface area contributed by atoms with Gasteiger partial charge in [0.2, 0.25) is 23.6 Å². The Morgan fingerprint density at radius 1 is 0.920 bits per heavy atom. The highest BCUT2D eigenvalue weighted by molar-refractivity contribution is 5.92. The van der Waals surface area contributed by atoms with Gasteiger partial charge >= 0.3 is 5.97 Å². The summed E-state index contributed by atoms with van der Waals surface area (Å²) in [4.78, 5) is 65.8. The number of amides is 4. The summed E-state index contributed by atoms with van der Waals surface area (Å²) < 4.78 is 0. The lowest BCUT2D eigenvalue weighted by molar-refractivity contribution is -0.142. The van der Waals surface area contributed by atoms with Gasteiger partial charge in [-0.1, -0.05) is 44.6 Å². The van der Waals surface area contributed by atoms with Gasteiger partial charge in [-0.05, 0) is 88.1 Å². The second-order valence-electron chi connectivity index (χ2n) is 13.3. The average Bonchev–Trinajstić information content (AvgIpc) is 3.05. The number of unbranched alkanes of at least 4 members (excludes halogenated alkanes) is 2. The SMILES string of the molecule is CC(C)C[C@H](NC(=O)[C@H](Cc1cccc(O)c1)NC(=O)[C@@H]1C/C=C/C[C@H](N)C(=O)N[C@@H](CCCCN)C(=O)N[C@@H](CCCCN)CN1)C(=O)O. The zero-order valence-electron chi connectivity index (χ0n) is 29.4. The van der Waals surface area contributed by atoms with Gasteiger partial charge in [-0.15, -0.1) is 0 Å². The van der Waals surface area contributed by atoms with Crippen LogP contribution in [0.5, 0.6) is 5.75 Å². The third kappa shape index (κ3) is 15.7. The summed E-state index contributed by atoms with van der Waals surface area (Å²) in [7, 11) is 0. The minimum absolute atomic E-state index is 0.0180. The Morgan fingerprint density at radius 2 is 1.60 bits per heavy atom. The van der Waals surface area contributed by atoms with E-state index in [9.17, 15) is 34.2 Å². The molecule has 0 unspecified atom stereocenters. The lowest BCUT2D eigenvalue weighted by atomic mass is 10.0. The molecule has 13 N–H and O–H groups in total. The molecule has 2 rings (SSSR count). The number of carboxylic acid groups (broad SMARTS) is 1. The highest BCUT2D eigenvalue weighted by Crippen LogP contribution is 2.14. The van der Waals surface area contributed by atoms with Gasteiger partial charge in [-0.25, -0.2) is 4.79 Å². The molecule has 1 aromatic carbocycles. The predicted octanol–water partition coefficient (Wildman–Crippen LogP) is -0.102. The Labute approximate surface area is 294 Å². The fourth-order valence-electron chi connectivity index (χ4n) is 5.62. The molecule has 6 atom stereocenters. The molecular formula is C35H58N8O7. The number of aliphatic carboxylic acids is 1. The lowest BCUT2D eigenvalue weighted by Gasteiger charge is -2.28. The molecule has 0 saturated heterocycles. The molecule has 1 aliphatic rings. The number of hydrogen-bond acceptors (Lipinski definition) is 10. The first-order valence-corrected chi connectivity index (χ1v) is 17.6. The first-order valence-electron chi connectivity index (χ1n) is 17.6. The zero-order chi connectivity index (χ0) is 37.1. The maximum atomic E-state index is 13.9. The lowest BCUT2D eigenvalue weighted by Crippen LogP contribution is -2.58. The molecule has 0 fully saturated rings. The molecule has 280 valence electrons. The molecule has 0 bridgehead atoms. The van der Waals surface area contributed by atoms with Crippen LogP contribution in [-0.4, -0.2) is 95.7 Å². The van der Waals surface area contributed by atoms with Crippen molar-refractivity contribution < 1.29 is 34.2 Å². The number of carbonyl (C=O) groups is 5. The summed E-state index contributed by atoms with van der Waals surface area (Å²) in [6, 6.07) is 0.862. The molecular weight excluding hydrogens is 644 g/mol. The number of benzene rings is 1. The fraction of sp³-hybridized carbons (Fsp3) is 0.629.